The van der Waals surface area contributed by atoms with Crippen molar-refractivity contribution in [1.82, 2.24) is 10.2 Å². The monoisotopic (exact) mass is 466 g/mol. The van der Waals surface area contributed by atoms with Crippen molar-refractivity contribution >= 4 is 40.6 Å². The van der Waals surface area contributed by atoms with Crippen LogP contribution in [0.5, 0.6) is 0 Å². The van der Waals surface area contributed by atoms with Gasteiger partial charge in [0.2, 0.25) is 11.8 Å². The fraction of sp³-hybridized carbons (Fsp3) is 0.0455. The molecule has 0 aliphatic heterocycles. The van der Waals surface area contributed by atoms with Crippen LogP contribution < -0.4 is 5.32 Å². The molecule has 160 valence electrons. The number of nitro groups is 1. The van der Waals surface area contributed by atoms with E-state index in [1.165, 1.54) is 12.1 Å². The van der Waals surface area contributed by atoms with Crippen molar-refractivity contribution in [2.75, 3.05) is 11.1 Å². The van der Waals surface area contributed by atoms with Crippen LogP contribution in [0.4, 0.5) is 11.4 Å². The average Bonchev–Trinajstić information content (AvgIpc) is 3.28. The molecule has 0 unspecified atom stereocenters. The van der Waals surface area contributed by atoms with Gasteiger partial charge in [0.25, 0.3) is 10.9 Å². The lowest BCUT2D eigenvalue weighted by atomic mass is 10.1. The van der Waals surface area contributed by atoms with E-state index in [0.717, 1.165) is 28.5 Å². The van der Waals surface area contributed by atoms with Crippen LogP contribution in [0.25, 0.3) is 22.6 Å². The lowest BCUT2D eigenvalue weighted by Crippen LogP contribution is -2.13. The smallest absolute Gasteiger partial charge is 0.277 e. The van der Waals surface area contributed by atoms with Crippen LogP contribution >= 0.6 is 23.4 Å². The Morgan fingerprint density at radius 2 is 1.53 bits per heavy atom. The zero-order chi connectivity index (χ0) is 22.5. The van der Waals surface area contributed by atoms with Crippen molar-refractivity contribution in [3.63, 3.8) is 0 Å². The molecule has 1 N–H and O–H groups in total. The number of rotatable bonds is 7. The van der Waals surface area contributed by atoms with Gasteiger partial charge in [-0.2, -0.15) is 0 Å². The maximum atomic E-state index is 12.3. The fourth-order valence-corrected chi connectivity index (χ4v) is 3.51. The second kappa shape index (κ2) is 9.63. The van der Waals surface area contributed by atoms with E-state index in [9.17, 15) is 14.9 Å². The van der Waals surface area contributed by atoms with E-state index in [1.807, 2.05) is 12.1 Å². The summed E-state index contributed by atoms with van der Waals surface area (Å²) in [6.07, 6.45) is 0. The molecule has 0 saturated carbocycles. The standard InChI is InChI=1S/C22H15ClN4O4S/c23-17-7-1-16(2-8-17)21-25-26-22(31-21)32-13-20(28)24-18-9-3-14(4-10-18)15-5-11-19(12-6-15)27(29)30/h1-12H,13H2,(H,24,28). The quantitative estimate of drug-likeness (QED) is 0.211. The average molecular weight is 467 g/mol. The Bertz CT molecular complexity index is 1240. The van der Waals surface area contributed by atoms with Crippen LogP contribution in [0.15, 0.2) is 82.4 Å². The molecule has 0 aliphatic carbocycles. The molecule has 1 amide bonds. The molecule has 0 atom stereocenters. The number of aromatic nitrogens is 2. The number of hydrogen-bond acceptors (Lipinski definition) is 7. The molecule has 0 bridgehead atoms. The van der Waals surface area contributed by atoms with Crippen molar-refractivity contribution in [1.29, 1.82) is 0 Å². The molecule has 32 heavy (non-hydrogen) atoms. The first-order valence-electron chi connectivity index (χ1n) is 9.35. The van der Waals surface area contributed by atoms with Gasteiger partial charge in [0.1, 0.15) is 0 Å². The molecule has 10 heteroatoms. The summed E-state index contributed by atoms with van der Waals surface area (Å²) in [4.78, 5) is 22.6. The highest BCUT2D eigenvalue weighted by Gasteiger charge is 2.12. The van der Waals surface area contributed by atoms with Gasteiger partial charge in [-0.25, -0.2) is 0 Å². The lowest BCUT2D eigenvalue weighted by molar-refractivity contribution is -0.384. The molecule has 3 aromatic carbocycles. The second-order valence-electron chi connectivity index (χ2n) is 6.60. The largest absolute Gasteiger partial charge is 0.411 e. The molecule has 0 radical (unpaired) electrons. The molecule has 1 heterocycles. The Hall–Kier alpha value is -3.69. The number of benzene rings is 3. The number of non-ortho nitro benzene ring substituents is 1. The molecule has 0 aliphatic rings. The van der Waals surface area contributed by atoms with E-state index in [0.29, 0.717) is 21.8 Å². The third kappa shape index (κ3) is 5.32. The van der Waals surface area contributed by atoms with Crippen LogP contribution in [0.2, 0.25) is 5.02 Å². The van der Waals surface area contributed by atoms with Crippen molar-refractivity contribution in [3.05, 3.63) is 87.9 Å². The molecular formula is C22H15ClN4O4S. The third-order valence-electron chi connectivity index (χ3n) is 4.40. The molecular weight excluding hydrogens is 452 g/mol. The van der Waals surface area contributed by atoms with E-state index in [2.05, 4.69) is 15.5 Å². The molecule has 1 aromatic heterocycles. The summed E-state index contributed by atoms with van der Waals surface area (Å²) < 4.78 is 5.57. The van der Waals surface area contributed by atoms with Crippen molar-refractivity contribution in [3.8, 4) is 22.6 Å². The Morgan fingerprint density at radius 3 is 2.16 bits per heavy atom. The second-order valence-corrected chi connectivity index (χ2v) is 7.96. The maximum Gasteiger partial charge on any atom is 0.277 e. The molecule has 4 aromatic rings. The van der Waals surface area contributed by atoms with Gasteiger partial charge in [-0.05, 0) is 59.7 Å². The first-order valence-corrected chi connectivity index (χ1v) is 10.7. The molecule has 8 nitrogen and oxygen atoms in total. The minimum Gasteiger partial charge on any atom is -0.411 e. The Kier molecular flexibility index (Phi) is 6.48. The summed E-state index contributed by atoms with van der Waals surface area (Å²) in [6, 6.07) is 20.5. The number of carbonyl (C=O) groups excluding carboxylic acids is 1. The summed E-state index contributed by atoms with van der Waals surface area (Å²) in [6.45, 7) is 0. The first kappa shape index (κ1) is 21.5. The zero-order valence-corrected chi connectivity index (χ0v) is 18.0. The van der Waals surface area contributed by atoms with Gasteiger partial charge in [0.05, 0.1) is 10.7 Å². The van der Waals surface area contributed by atoms with E-state index >= 15 is 0 Å². The van der Waals surface area contributed by atoms with Gasteiger partial charge in [0, 0.05) is 28.4 Å². The van der Waals surface area contributed by atoms with E-state index in [4.69, 9.17) is 16.0 Å². The Morgan fingerprint density at radius 1 is 0.938 bits per heavy atom. The summed E-state index contributed by atoms with van der Waals surface area (Å²) >= 11 is 7.01. The van der Waals surface area contributed by atoms with Crippen molar-refractivity contribution < 1.29 is 14.1 Å². The number of anilines is 1. The highest BCUT2D eigenvalue weighted by molar-refractivity contribution is 7.99. The molecule has 4 rings (SSSR count). The predicted molar refractivity (Wildman–Crippen MR) is 123 cm³/mol. The third-order valence-corrected chi connectivity index (χ3v) is 5.47. The molecule has 0 saturated heterocycles. The van der Waals surface area contributed by atoms with E-state index in [-0.39, 0.29) is 17.3 Å². The van der Waals surface area contributed by atoms with Crippen molar-refractivity contribution in [2.45, 2.75) is 5.22 Å². The normalized spacial score (nSPS) is 10.7. The van der Waals surface area contributed by atoms with Gasteiger partial charge in [-0.1, -0.05) is 35.5 Å². The Balaban J connectivity index is 1.31. The summed E-state index contributed by atoms with van der Waals surface area (Å²) in [5.74, 6) is 0.238. The topological polar surface area (TPSA) is 111 Å². The van der Waals surface area contributed by atoms with Crippen LogP contribution in [-0.4, -0.2) is 26.8 Å². The number of halogens is 1. The maximum absolute atomic E-state index is 12.3. The van der Waals surface area contributed by atoms with Crippen LogP contribution in [0, 0.1) is 10.1 Å². The number of hydrogen-bond donors (Lipinski definition) is 1. The van der Waals surface area contributed by atoms with Crippen molar-refractivity contribution in [2.24, 2.45) is 0 Å². The SMILES string of the molecule is O=C(CSc1nnc(-c2ccc(Cl)cc2)o1)Nc1ccc(-c2ccc([N+](=O)[O-])cc2)cc1. The first-order chi connectivity index (χ1) is 15.5. The van der Waals surface area contributed by atoms with Crippen LogP contribution in [0.3, 0.4) is 0 Å². The number of nitrogens with one attached hydrogen (secondary N) is 1. The molecule has 0 spiro atoms. The predicted octanol–water partition coefficient (Wildman–Crippen LogP) is 5.70. The minimum absolute atomic E-state index is 0.0386. The van der Waals surface area contributed by atoms with Gasteiger partial charge >= 0.3 is 0 Å². The van der Waals surface area contributed by atoms with E-state index < -0.39 is 4.92 Å². The van der Waals surface area contributed by atoms with Crippen LogP contribution in [-0.2, 0) is 4.79 Å². The minimum atomic E-state index is -0.437. The summed E-state index contributed by atoms with van der Waals surface area (Å²) in [5, 5.41) is 22.4. The summed E-state index contributed by atoms with van der Waals surface area (Å²) in [5.41, 5.74) is 3.14. The number of amides is 1. The van der Waals surface area contributed by atoms with Gasteiger partial charge < -0.3 is 9.73 Å². The fourth-order valence-electron chi connectivity index (χ4n) is 2.82. The Labute approximate surface area is 191 Å². The van der Waals surface area contributed by atoms with Gasteiger partial charge in [-0.3, -0.25) is 14.9 Å². The number of nitro benzene ring substituents is 1. The van der Waals surface area contributed by atoms with Gasteiger partial charge in [0.15, 0.2) is 0 Å². The number of carbonyl (C=O) groups is 1. The highest BCUT2D eigenvalue weighted by atomic mass is 35.5. The van der Waals surface area contributed by atoms with Gasteiger partial charge in [-0.15, -0.1) is 10.2 Å². The number of nitrogens with zero attached hydrogens (tertiary/aromatic N) is 3. The van der Waals surface area contributed by atoms with E-state index in [1.54, 1.807) is 48.5 Å². The highest BCUT2D eigenvalue weighted by Crippen LogP contribution is 2.26. The molecule has 0 fully saturated rings. The lowest BCUT2D eigenvalue weighted by Gasteiger charge is -2.06. The zero-order valence-electron chi connectivity index (χ0n) is 16.4. The number of thioether (sulfide) groups is 1. The van der Waals surface area contributed by atoms with Crippen LogP contribution in [0.1, 0.15) is 0 Å². The summed E-state index contributed by atoms with van der Waals surface area (Å²) in [7, 11) is 0.